The quantitative estimate of drug-likeness (QED) is 0.800. The molecule has 2 amide bonds. The zero-order chi connectivity index (χ0) is 19.4. The van der Waals surface area contributed by atoms with Crippen molar-refractivity contribution >= 4 is 11.8 Å². The Balaban J connectivity index is 1.55. The van der Waals surface area contributed by atoms with Gasteiger partial charge in [-0.3, -0.25) is 9.59 Å². The van der Waals surface area contributed by atoms with Gasteiger partial charge in [-0.15, -0.1) is 0 Å². The van der Waals surface area contributed by atoms with Crippen molar-refractivity contribution in [3.63, 3.8) is 0 Å². The summed E-state index contributed by atoms with van der Waals surface area (Å²) in [5.41, 5.74) is 2.38. The number of amides is 2. The Bertz CT molecular complexity index is 780. The molecule has 2 aromatic carbocycles. The molecule has 146 valence electrons. The van der Waals surface area contributed by atoms with Crippen LogP contribution in [-0.4, -0.2) is 47.8 Å². The summed E-state index contributed by atoms with van der Waals surface area (Å²) in [5, 5.41) is 0. The molecule has 2 aliphatic heterocycles. The summed E-state index contributed by atoms with van der Waals surface area (Å²) in [6.45, 7) is 2.85. The molecule has 0 aliphatic carbocycles. The van der Waals surface area contributed by atoms with Gasteiger partial charge in [-0.2, -0.15) is 0 Å². The van der Waals surface area contributed by atoms with Crippen LogP contribution in [0.5, 0.6) is 0 Å². The van der Waals surface area contributed by atoms with Gasteiger partial charge in [0.25, 0.3) is 0 Å². The molecule has 4 nitrogen and oxygen atoms in total. The molecule has 2 saturated heterocycles. The number of likely N-dealkylation sites (tertiary alicyclic amines) is 2. The first-order valence-electron chi connectivity index (χ1n) is 10.4. The molecule has 2 aliphatic rings. The topological polar surface area (TPSA) is 40.6 Å². The molecule has 0 N–H and O–H groups in total. The lowest BCUT2D eigenvalue weighted by molar-refractivity contribution is -0.134. The Kier molecular flexibility index (Phi) is 5.47. The van der Waals surface area contributed by atoms with Gasteiger partial charge >= 0.3 is 0 Å². The minimum atomic E-state index is -0.167. The average molecular weight is 377 g/mol. The molecule has 0 unspecified atom stereocenters. The Morgan fingerprint density at radius 2 is 1.54 bits per heavy atom. The molecule has 2 heterocycles. The normalized spacial score (nSPS) is 19.1. The highest BCUT2D eigenvalue weighted by atomic mass is 16.2. The third kappa shape index (κ3) is 3.68. The van der Waals surface area contributed by atoms with Crippen molar-refractivity contribution in [3.8, 4) is 0 Å². The minimum Gasteiger partial charge on any atom is -0.342 e. The minimum absolute atomic E-state index is 0.163. The van der Waals surface area contributed by atoms with Crippen molar-refractivity contribution in [1.82, 2.24) is 9.80 Å². The molecular weight excluding hydrogens is 348 g/mol. The van der Waals surface area contributed by atoms with Crippen LogP contribution in [0.15, 0.2) is 60.7 Å². The SMILES string of the molecule is O=C1CCCN1CCC(=O)N1CCCC(c2ccccc2)(c2ccccc2)C1. The number of piperidine rings is 1. The Labute approximate surface area is 167 Å². The summed E-state index contributed by atoms with van der Waals surface area (Å²) in [6, 6.07) is 21.2. The summed E-state index contributed by atoms with van der Waals surface area (Å²) >= 11 is 0. The van der Waals surface area contributed by atoms with E-state index in [1.54, 1.807) is 0 Å². The van der Waals surface area contributed by atoms with Gasteiger partial charge in [0, 0.05) is 44.4 Å². The van der Waals surface area contributed by atoms with Crippen molar-refractivity contribution < 1.29 is 9.59 Å². The average Bonchev–Trinajstić information content (AvgIpc) is 3.18. The van der Waals surface area contributed by atoms with Crippen LogP contribution in [0.4, 0.5) is 0 Å². The van der Waals surface area contributed by atoms with E-state index >= 15 is 0 Å². The van der Waals surface area contributed by atoms with Crippen LogP contribution in [0, 0.1) is 0 Å². The van der Waals surface area contributed by atoms with E-state index in [2.05, 4.69) is 48.5 Å². The van der Waals surface area contributed by atoms with E-state index in [4.69, 9.17) is 0 Å². The third-order valence-electron chi connectivity index (χ3n) is 6.26. The van der Waals surface area contributed by atoms with Crippen molar-refractivity contribution in [1.29, 1.82) is 0 Å². The molecule has 0 spiro atoms. The second-order valence-electron chi connectivity index (χ2n) is 7.97. The number of hydrogen-bond acceptors (Lipinski definition) is 2. The van der Waals surface area contributed by atoms with Gasteiger partial charge in [-0.25, -0.2) is 0 Å². The van der Waals surface area contributed by atoms with E-state index < -0.39 is 0 Å². The van der Waals surface area contributed by atoms with Crippen molar-refractivity contribution in [2.75, 3.05) is 26.2 Å². The van der Waals surface area contributed by atoms with Crippen molar-refractivity contribution in [2.45, 2.75) is 37.5 Å². The number of benzene rings is 2. The Morgan fingerprint density at radius 3 is 2.11 bits per heavy atom. The molecule has 28 heavy (non-hydrogen) atoms. The lowest BCUT2D eigenvalue weighted by Crippen LogP contribution is -2.49. The van der Waals surface area contributed by atoms with E-state index in [0.29, 0.717) is 25.9 Å². The fraction of sp³-hybridized carbons (Fsp3) is 0.417. The third-order valence-corrected chi connectivity index (χ3v) is 6.26. The molecular formula is C24H28N2O2. The first-order chi connectivity index (χ1) is 13.7. The van der Waals surface area contributed by atoms with Crippen LogP contribution in [0.2, 0.25) is 0 Å². The standard InChI is InChI=1S/C24H28N2O2/c27-22-13-7-16-25(22)18-14-23(28)26-17-8-15-24(19-26,20-9-3-1-4-10-20)21-11-5-2-6-12-21/h1-6,9-12H,7-8,13-19H2. The van der Waals surface area contributed by atoms with Crippen LogP contribution in [-0.2, 0) is 15.0 Å². The van der Waals surface area contributed by atoms with Crippen LogP contribution in [0.1, 0.15) is 43.2 Å². The smallest absolute Gasteiger partial charge is 0.224 e. The Hall–Kier alpha value is -2.62. The van der Waals surface area contributed by atoms with E-state index in [1.165, 1.54) is 11.1 Å². The second kappa shape index (κ2) is 8.17. The zero-order valence-electron chi connectivity index (χ0n) is 16.3. The van der Waals surface area contributed by atoms with Crippen LogP contribution < -0.4 is 0 Å². The van der Waals surface area contributed by atoms with Gasteiger partial charge in [-0.05, 0) is 30.4 Å². The molecule has 4 rings (SSSR count). The number of carbonyl (C=O) groups is 2. The van der Waals surface area contributed by atoms with Gasteiger partial charge < -0.3 is 9.80 Å². The van der Waals surface area contributed by atoms with E-state index in [-0.39, 0.29) is 17.2 Å². The number of hydrogen-bond donors (Lipinski definition) is 0. The summed E-state index contributed by atoms with van der Waals surface area (Å²) in [4.78, 5) is 28.7. The maximum absolute atomic E-state index is 13.0. The largest absolute Gasteiger partial charge is 0.342 e. The first kappa shape index (κ1) is 18.7. The molecule has 4 heteroatoms. The summed E-state index contributed by atoms with van der Waals surface area (Å²) in [5.74, 6) is 0.352. The number of nitrogens with zero attached hydrogens (tertiary/aromatic N) is 2. The maximum Gasteiger partial charge on any atom is 0.224 e. The number of carbonyl (C=O) groups excluding carboxylic acids is 2. The highest BCUT2D eigenvalue weighted by Gasteiger charge is 2.40. The van der Waals surface area contributed by atoms with E-state index in [1.807, 2.05) is 21.9 Å². The molecule has 0 saturated carbocycles. The van der Waals surface area contributed by atoms with E-state index in [0.717, 1.165) is 32.4 Å². The van der Waals surface area contributed by atoms with Crippen LogP contribution in [0.3, 0.4) is 0 Å². The van der Waals surface area contributed by atoms with Crippen molar-refractivity contribution in [2.24, 2.45) is 0 Å². The predicted octanol–water partition coefficient (Wildman–Crippen LogP) is 3.61. The Morgan fingerprint density at radius 1 is 0.893 bits per heavy atom. The first-order valence-corrected chi connectivity index (χ1v) is 10.4. The predicted molar refractivity (Wildman–Crippen MR) is 110 cm³/mol. The fourth-order valence-corrected chi connectivity index (χ4v) is 4.75. The fourth-order valence-electron chi connectivity index (χ4n) is 4.75. The summed E-state index contributed by atoms with van der Waals surface area (Å²) in [6.07, 6.45) is 3.99. The lowest BCUT2D eigenvalue weighted by atomic mass is 9.69. The van der Waals surface area contributed by atoms with Crippen LogP contribution in [0.25, 0.3) is 0 Å². The molecule has 0 aromatic heterocycles. The number of rotatable bonds is 5. The van der Waals surface area contributed by atoms with Gasteiger partial charge in [0.2, 0.25) is 11.8 Å². The van der Waals surface area contributed by atoms with Gasteiger partial charge in [0.1, 0.15) is 0 Å². The molecule has 0 bridgehead atoms. The monoisotopic (exact) mass is 376 g/mol. The molecule has 0 atom stereocenters. The van der Waals surface area contributed by atoms with E-state index in [9.17, 15) is 9.59 Å². The molecule has 2 fully saturated rings. The second-order valence-corrected chi connectivity index (χ2v) is 7.97. The van der Waals surface area contributed by atoms with Crippen molar-refractivity contribution in [3.05, 3.63) is 71.8 Å². The summed E-state index contributed by atoms with van der Waals surface area (Å²) in [7, 11) is 0. The highest BCUT2D eigenvalue weighted by Crippen LogP contribution is 2.40. The highest BCUT2D eigenvalue weighted by molar-refractivity contribution is 5.80. The summed E-state index contributed by atoms with van der Waals surface area (Å²) < 4.78 is 0. The van der Waals surface area contributed by atoms with Crippen LogP contribution >= 0.6 is 0 Å². The maximum atomic E-state index is 13.0. The lowest BCUT2D eigenvalue weighted by Gasteiger charge is -2.44. The zero-order valence-corrected chi connectivity index (χ0v) is 16.3. The van der Waals surface area contributed by atoms with Gasteiger partial charge in [-0.1, -0.05) is 60.7 Å². The molecule has 0 radical (unpaired) electrons. The van der Waals surface area contributed by atoms with Gasteiger partial charge in [0.15, 0.2) is 0 Å². The van der Waals surface area contributed by atoms with Gasteiger partial charge in [0.05, 0.1) is 0 Å². The molecule has 2 aromatic rings.